The summed E-state index contributed by atoms with van der Waals surface area (Å²) in [7, 11) is 5.08. The second-order valence-corrected chi connectivity index (χ2v) is 8.92. The van der Waals surface area contributed by atoms with Gasteiger partial charge in [-0.25, -0.2) is 0 Å². The van der Waals surface area contributed by atoms with Crippen LogP contribution in [0.4, 0.5) is 11.4 Å². The average molecular weight is 517 g/mol. The van der Waals surface area contributed by atoms with Gasteiger partial charge in [0, 0.05) is 43.3 Å². The van der Waals surface area contributed by atoms with Crippen molar-refractivity contribution in [3.8, 4) is 5.75 Å². The van der Waals surface area contributed by atoms with Crippen molar-refractivity contribution in [3.63, 3.8) is 0 Å². The minimum Gasteiger partial charge on any atom is -0.495 e. The molecule has 0 fully saturated rings. The van der Waals surface area contributed by atoms with Gasteiger partial charge in [-0.3, -0.25) is 14.4 Å². The molecule has 0 aromatic heterocycles. The summed E-state index contributed by atoms with van der Waals surface area (Å²) in [4.78, 5) is 36.1. The molecule has 0 aliphatic rings. The molecule has 2 amide bonds. The second-order valence-electron chi connectivity index (χ2n) is 8.48. The lowest BCUT2D eigenvalue weighted by molar-refractivity contribution is -0.125. The van der Waals surface area contributed by atoms with E-state index in [2.05, 4.69) is 21.3 Å². The molecule has 36 heavy (non-hydrogen) atoms. The largest absolute Gasteiger partial charge is 0.495 e. The summed E-state index contributed by atoms with van der Waals surface area (Å²) in [6.07, 6.45) is 1.41. The predicted molar refractivity (Wildman–Crippen MR) is 146 cm³/mol. The maximum atomic E-state index is 12.6. The SMILES string of the molecule is CCC(C)(CC(=O)N/C(C=O)=C(\C)NC)CC(=O)Nc1cc(Cl)ccc1OC.CNc1ccccc1. The number of ether oxygens (including phenoxy) is 1. The minimum absolute atomic E-state index is 0.0952. The number of halogens is 1. The van der Waals surface area contributed by atoms with Gasteiger partial charge in [0.2, 0.25) is 11.8 Å². The molecule has 0 aliphatic carbocycles. The molecule has 1 atom stereocenters. The maximum Gasteiger partial charge on any atom is 0.225 e. The number of carbonyl (C=O) groups excluding carboxylic acids is 3. The van der Waals surface area contributed by atoms with E-state index in [9.17, 15) is 14.4 Å². The van der Waals surface area contributed by atoms with Crippen LogP contribution in [-0.2, 0) is 14.4 Å². The summed E-state index contributed by atoms with van der Waals surface area (Å²) in [6, 6.07) is 15.0. The Hall–Kier alpha value is -3.52. The average Bonchev–Trinajstić information content (AvgIpc) is 2.87. The first kappa shape index (κ1) is 30.5. The van der Waals surface area contributed by atoms with Gasteiger partial charge >= 0.3 is 0 Å². The smallest absolute Gasteiger partial charge is 0.225 e. The van der Waals surface area contributed by atoms with E-state index in [4.69, 9.17) is 16.3 Å². The number of para-hydroxylation sites is 1. The van der Waals surface area contributed by atoms with Crippen LogP contribution in [0.5, 0.6) is 5.75 Å². The van der Waals surface area contributed by atoms with Crippen molar-refractivity contribution in [2.24, 2.45) is 5.41 Å². The van der Waals surface area contributed by atoms with E-state index >= 15 is 0 Å². The van der Waals surface area contributed by atoms with Gasteiger partial charge in [-0.05, 0) is 49.1 Å². The Morgan fingerprint density at radius 2 is 1.69 bits per heavy atom. The maximum absolute atomic E-state index is 12.6. The molecular weight excluding hydrogens is 480 g/mol. The Kier molecular flexibility index (Phi) is 13.1. The van der Waals surface area contributed by atoms with Gasteiger partial charge in [-0.2, -0.15) is 0 Å². The molecule has 0 radical (unpaired) electrons. The third-order valence-electron chi connectivity index (χ3n) is 5.70. The Labute approximate surface area is 218 Å². The molecule has 2 aromatic carbocycles. The Balaban J connectivity index is 0.000000681. The highest BCUT2D eigenvalue weighted by molar-refractivity contribution is 6.31. The molecule has 0 spiro atoms. The van der Waals surface area contributed by atoms with E-state index in [0.29, 0.717) is 34.9 Å². The number of hydrogen-bond acceptors (Lipinski definition) is 6. The van der Waals surface area contributed by atoms with Crippen molar-refractivity contribution in [2.75, 3.05) is 31.8 Å². The van der Waals surface area contributed by atoms with Gasteiger partial charge < -0.3 is 26.0 Å². The molecule has 196 valence electrons. The summed E-state index contributed by atoms with van der Waals surface area (Å²) >= 11 is 5.99. The molecule has 0 bridgehead atoms. The topological polar surface area (TPSA) is 109 Å². The number of methoxy groups -OCH3 is 1. The quantitative estimate of drug-likeness (QED) is 0.248. The zero-order chi connectivity index (χ0) is 27.1. The van der Waals surface area contributed by atoms with E-state index < -0.39 is 5.41 Å². The minimum atomic E-state index is -0.582. The van der Waals surface area contributed by atoms with Crippen molar-refractivity contribution in [2.45, 2.75) is 40.0 Å². The second kappa shape index (κ2) is 15.5. The number of carbonyl (C=O) groups is 3. The Morgan fingerprint density at radius 3 is 2.19 bits per heavy atom. The van der Waals surface area contributed by atoms with E-state index in [1.165, 1.54) is 7.11 Å². The standard InChI is InChI=1S/C20H28ClN3O4.C7H9N/c1-6-20(3,11-19(27)24-16(12-25)13(2)22-4)10-18(26)23-15-9-14(21)7-8-17(15)28-5;1-8-7-5-3-2-4-6-7/h7-9,12,22H,6,10-11H2,1-5H3,(H,23,26)(H,24,27);2-6,8H,1H3/b16-13+;. The molecule has 9 heteroatoms. The third kappa shape index (κ3) is 10.4. The number of anilines is 2. The van der Waals surface area contributed by atoms with Crippen molar-refractivity contribution in [1.29, 1.82) is 0 Å². The summed E-state index contributed by atoms with van der Waals surface area (Å²) in [6.45, 7) is 5.46. The third-order valence-corrected chi connectivity index (χ3v) is 5.93. The lowest BCUT2D eigenvalue weighted by Crippen LogP contribution is -2.33. The molecule has 2 rings (SSSR count). The molecule has 2 aromatic rings. The fourth-order valence-corrected chi connectivity index (χ4v) is 3.38. The zero-order valence-corrected chi connectivity index (χ0v) is 22.6. The van der Waals surface area contributed by atoms with Crippen molar-refractivity contribution in [3.05, 3.63) is 64.9 Å². The highest BCUT2D eigenvalue weighted by Gasteiger charge is 2.29. The van der Waals surface area contributed by atoms with Crippen molar-refractivity contribution >= 4 is 41.1 Å². The number of aldehydes is 1. The monoisotopic (exact) mass is 516 g/mol. The summed E-state index contributed by atoms with van der Waals surface area (Å²) in [5.74, 6) is -0.0820. The van der Waals surface area contributed by atoms with Crippen LogP contribution < -0.4 is 26.0 Å². The summed E-state index contributed by atoms with van der Waals surface area (Å²) in [5.41, 5.74) is 1.79. The lowest BCUT2D eigenvalue weighted by Gasteiger charge is -2.27. The first-order valence-corrected chi connectivity index (χ1v) is 12.0. The predicted octanol–water partition coefficient (Wildman–Crippen LogP) is 4.98. The van der Waals surface area contributed by atoms with Gasteiger partial charge in [0.15, 0.2) is 6.29 Å². The van der Waals surface area contributed by atoms with E-state index in [0.717, 1.165) is 5.69 Å². The van der Waals surface area contributed by atoms with Crippen LogP contribution in [0, 0.1) is 5.41 Å². The fourth-order valence-electron chi connectivity index (χ4n) is 3.21. The lowest BCUT2D eigenvalue weighted by atomic mass is 9.80. The number of rotatable bonds is 11. The van der Waals surface area contributed by atoms with Crippen molar-refractivity contribution in [1.82, 2.24) is 10.6 Å². The molecule has 0 heterocycles. The van der Waals surface area contributed by atoms with E-state index in [1.54, 1.807) is 32.2 Å². The van der Waals surface area contributed by atoms with E-state index in [-0.39, 0.29) is 30.4 Å². The Bertz CT molecular complexity index is 1040. The first-order chi connectivity index (χ1) is 17.1. The highest BCUT2D eigenvalue weighted by atomic mass is 35.5. The normalized spacial score (nSPS) is 12.5. The Morgan fingerprint density at radius 1 is 1.06 bits per heavy atom. The number of benzene rings is 2. The fraction of sp³-hybridized carbons (Fsp3) is 0.370. The molecule has 0 saturated heterocycles. The summed E-state index contributed by atoms with van der Waals surface area (Å²) in [5, 5.41) is 11.7. The van der Waals surface area contributed by atoms with Crippen LogP contribution in [0.2, 0.25) is 5.02 Å². The molecule has 1 unspecified atom stereocenters. The number of hydrogen-bond donors (Lipinski definition) is 4. The van der Waals surface area contributed by atoms with Crippen LogP contribution in [0.1, 0.15) is 40.0 Å². The zero-order valence-electron chi connectivity index (χ0n) is 21.8. The molecule has 8 nitrogen and oxygen atoms in total. The van der Waals surface area contributed by atoms with E-state index in [1.807, 2.05) is 51.2 Å². The van der Waals surface area contributed by atoms with Crippen LogP contribution in [-0.4, -0.2) is 39.3 Å². The summed E-state index contributed by atoms with van der Waals surface area (Å²) < 4.78 is 5.23. The first-order valence-electron chi connectivity index (χ1n) is 11.6. The number of nitrogens with one attached hydrogen (secondary N) is 4. The van der Waals surface area contributed by atoms with Gasteiger partial charge in [0.25, 0.3) is 0 Å². The van der Waals surface area contributed by atoms with Gasteiger partial charge in [0.05, 0.1) is 18.5 Å². The number of allylic oxidation sites excluding steroid dienone is 2. The van der Waals surface area contributed by atoms with Gasteiger partial charge in [0.1, 0.15) is 5.75 Å². The van der Waals surface area contributed by atoms with Gasteiger partial charge in [-0.1, -0.05) is 43.6 Å². The van der Waals surface area contributed by atoms with Crippen molar-refractivity contribution < 1.29 is 19.1 Å². The van der Waals surface area contributed by atoms with Crippen LogP contribution in [0.3, 0.4) is 0 Å². The highest BCUT2D eigenvalue weighted by Crippen LogP contribution is 2.32. The van der Waals surface area contributed by atoms with Gasteiger partial charge in [-0.15, -0.1) is 0 Å². The van der Waals surface area contributed by atoms with Crippen LogP contribution >= 0.6 is 11.6 Å². The molecule has 0 saturated carbocycles. The number of amides is 2. The molecule has 0 aliphatic heterocycles. The van der Waals surface area contributed by atoms with Crippen LogP contribution in [0.25, 0.3) is 0 Å². The van der Waals surface area contributed by atoms with Crippen LogP contribution in [0.15, 0.2) is 59.9 Å². The molecule has 4 N–H and O–H groups in total. The molecular formula is C27H37ClN4O4.